The predicted molar refractivity (Wildman–Crippen MR) is 124 cm³/mol. The van der Waals surface area contributed by atoms with Crippen LogP contribution >= 0.6 is 0 Å². The molecule has 11 nitrogen and oxygen atoms in total. The van der Waals surface area contributed by atoms with Crippen molar-refractivity contribution in [3.8, 4) is 11.5 Å². The number of hydrogen-bond donors (Lipinski definition) is 4. The molecule has 1 aliphatic heterocycles. The Labute approximate surface area is 197 Å². The molecule has 182 valence electrons. The van der Waals surface area contributed by atoms with Crippen LogP contribution in [-0.4, -0.2) is 55.5 Å². The van der Waals surface area contributed by atoms with Crippen LogP contribution in [0.3, 0.4) is 0 Å². The lowest BCUT2D eigenvalue weighted by molar-refractivity contribution is -0.130. The highest BCUT2D eigenvalue weighted by atomic mass is 32.2. The van der Waals surface area contributed by atoms with Crippen molar-refractivity contribution in [3.05, 3.63) is 42.5 Å². The maximum Gasteiger partial charge on any atom is 0.325 e. The predicted octanol–water partition coefficient (Wildman–Crippen LogP) is 2.25. The van der Waals surface area contributed by atoms with E-state index < -0.39 is 27.5 Å². The fourth-order valence-corrected chi connectivity index (χ4v) is 4.44. The summed E-state index contributed by atoms with van der Waals surface area (Å²) in [6.45, 7) is 3.23. The number of amides is 4. The van der Waals surface area contributed by atoms with E-state index in [9.17, 15) is 27.9 Å². The van der Waals surface area contributed by atoms with Gasteiger partial charge in [-0.3, -0.25) is 19.2 Å². The van der Waals surface area contributed by atoms with Crippen molar-refractivity contribution >= 4 is 39.2 Å². The zero-order valence-electron chi connectivity index (χ0n) is 18.9. The second-order valence-corrected chi connectivity index (χ2v) is 9.83. The van der Waals surface area contributed by atoms with Crippen LogP contribution in [0.4, 0.5) is 16.2 Å². The molecule has 1 saturated heterocycles. The number of sulfonamides is 1. The third kappa shape index (κ3) is 5.39. The first kappa shape index (κ1) is 24.8. The molecule has 0 radical (unpaired) electrons. The zero-order valence-corrected chi connectivity index (χ0v) is 19.7. The van der Waals surface area contributed by atoms with Crippen LogP contribution in [0.15, 0.2) is 47.4 Å². The molecule has 2 aromatic rings. The Balaban J connectivity index is 1.65. The first-order valence-corrected chi connectivity index (χ1v) is 11.9. The largest absolute Gasteiger partial charge is 0.506 e. The van der Waals surface area contributed by atoms with Crippen molar-refractivity contribution in [2.24, 2.45) is 0 Å². The lowest BCUT2D eigenvalue weighted by Crippen LogP contribution is -2.40. The van der Waals surface area contributed by atoms with E-state index in [2.05, 4.69) is 15.4 Å². The van der Waals surface area contributed by atoms with Gasteiger partial charge in [0.25, 0.3) is 15.9 Å². The average molecular weight is 491 g/mol. The van der Waals surface area contributed by atoms with Crippen molar-refractivity contribution in [2.75, 3.05) is 23.7 Å². The standard InChI is InChI=1S/C22H26N4O7S/c1-22(2)20(29)26(21(30)24-22)12-6-9-19(28)23-16-13-14(10-11-17(16)27)34(31,32)25-15-7-4-5-8-18(15)33-3/h4-5,7-8,10-11,13,25,27H,6,9,12H2,1-3H3,(H,23,28)(H,24,30). The van der Waals surface area contributed by atoms with Gasteiger partial charge in [0.2, 0.25) is 5.91 Å². The summed E-state index contributed by atoms with van der Waals surface area (Å²) in [5.74, 6) is -0.891. The van der Waals surface area contributed by atoms with Gasteiger partial charge in [-0.15, -0.1) is 0 Å². The van der Waals surface area contributed by atoms with E-state index in [1.54, 1.807) is 32.0 Å². The van der Waals surface area contributed by atoms with E-state index in [-0.39, 0.29) is 47.3 Å². The van der Waals surface area contributed by atoms with Crippen LogP contribution in [0.2, 0.25) is 0 Å². The highest BCUT2D eigenvalue weighted by Crippen LogP contribution is 2.30. The van der Waals surface area contributed by atoms with Gasteiger partial charge in [-0.05, 0) is 50.6 Å². The molecule has 12 heteroatoms. The van der Waals surface area contributed by atoms with E-state index in [0.29, 0.717) is 5.75 Å². The number of phenols is 1. The molecule has 34 heavy (non-hydrogen) atoms. The highest BCUT2D eigenvalue weighted by molar-refractivity contribution is 7.92. The van der Waals surface area contributed by atoms with E-state index in [4.69, 9.17) is 4.74 Å². The van der Waals surface area contributed by atoms with E-state index in [0.717, 1.165) is 17.0 Å². The van der Waals surface area contributed by atoms with Gasteiger partial charge in [-0.1, -0.05) is 12.1 Å². The maximum absolute atomic E-state index is 12.8. The molecule has 1 fully saturated rings. The number of phenolic OH excluding ortho intramolecular Hbond substituents is 1. The molecule has 2 aromatic carbocycles. The minimum atomic E-state index is -4.05. The molecule has 0 saturated carbocycles. The summed E-state index contributed by atoms with van der Waals surface area (Å²) in [6.07, 6.45) is 0.128. The van der Waals surface area contributed by atoms with Crippen LogP contribution in [0.1, 0.15) is 26.7 Å². The van der Waals surface area contributed by atoms with E-state index >= 15 is 0 Å². The number of aromatic hydroxyl groups is 1. The number of carbonyl (C=O) groups is 3. The molecule has 0 atom stereocenters. The number of imide groups is 1. The van der Waals surface area contributed by atoms with Crippen molar-refractivity contribution < 1.29 is 32.6 Å². The van der Waals surface area contributed by atoms with Gasteiger partial charge in [0.1, 0.15) is 17.0 Å². The summed E-state index contributed by atoms with van der Waals surface area (Å²) in [5.41, 5.74) is -0.856. The van der Waals surface area contributed by atoms with Crippen molar-refractivity contribution in [1.29, 1.82) is 0 Å². The number of urea groups is 1. The van der Waals surface area contributed by atoms with Gasteiger partial charge in [-0.25, -0.2) is 13.2 Å². The molecule has 4 amide bonds. The molecule has 1 heterocycles. The fourth-order valence-electron chi connectivity index (χ4n) is 3.35. The van der Waals surface area contributed by atoms with Crippen molar-refractivity contribution in [3.63, 3.8) is 0 Å². The SMILES string of the molecule is COc1ccccc1NS(=O)(=O)c1ccc(O)c(NC(=O)CCCN2C(=O)NC(C)(C)C2=O)c1. The number of nitrogens with one attached hydrogen (secondary N) is 3. The summed E-state index contributed by atoms with van der Waals surface area (Å²) in [5, 5.41) is 15.1. The third-order valence-electron chi connectivity index (χ3n) is 5.13. The number of methoxy groups -OCH3 is 1. The highest BCUT2D eigenvalue weighted by Gasteiger charge is 2.43. The Hall–Kier alpha value is -3.80. The van der Waals surface area contributed by atoms with Gasteiger partial charge in [0.05, 0.1) is 23.4 Å². The molecule has 0 bridgehead atoms. The van der Waals surface area contributed by atoms with Crippen LogP contribution < -0.4 is 20.1 Å². The number of ether oxygens (including phenoxy) is 1. The van der Waals surface area contributed by atoms with Crippen LogP contribution in [-0.2, 0) is 19.6 Å². The Bertz CT molecular complexity index is 1230. The molecule has 0 aromatic heterocycles. The topological polar surface area (TPSA) is 154 Å². The number of hydrogen-bond acceptors (Lipinski definition) is 7. The van der Waals surface area contributed by atoms with Gasteiger partial charge in [-0.2, -0.15) is 0 Å². The van der Waals surface area contributed by atoms with Gasteiger partial charge < -0.3 is 20.5 Å². The molecule has 3 rings (SSSR count). The summed E-state index contributed by atoms with van der Waals surface area (Å²) < 4.78 is 33.2. The Kier molecular flexibility index (Phi) is 7.01. The Morgan fingerprint density at radius 2 is 1.85 bits per heavy atom. The number of carbonyl (C=O) groups excluding carboxylic acids is 3. The molecule has 0 spiro atoms. The smallest absolute Gasteiger partial charge is 0.325 e. The number of para-hydroxylation sites is 2. The molecule has 1 aliphatic rings. The number of anilines is 2. The molecular weight excluding hydrogens is 464 g/mol. The first-order valence-electron chi connectivity index (χ1n) is 10.4. The summed E-state index contributed by atoms with van der Waals surface area (Å²) in [6, 6.07) is 9.43. The van der Waals surface area contributed by atoms with Gasteiger partial charge in [0.15, 0.2) is 0 Å². The Morgan fingerprint density at radius 1 is 1.15 bits per heavy atom. The second kappa shape index (κ2) is 9.59. The van der Waals surface area contributed by atoms with Crippen molar-refractivity contribution in [1.82, 2.24) is 10.2 Å². The molecule has 0 unspecified atom stereocenters. The van der Waals surface area contributed by atoms with E-state index in [1.165, 1.54) is 19.2 Å². The van der Waals surface area contributed by atoms with Gasteiger partial charge in [0, 0.05) is 13.0 Å². The minimum absolute atomic E-state index is 0.0464. The molecule has 0 aliphatic carbocycles. The summed E-state index contributed by atoms with van der Waals surface area (Å²) in [4.78, 5) is 37.3. The average Bonchev–Trinajstić information content (AvgIpc) is 2.96. The second-order valence-electron chi connectivity index (χ2n) is 8.15. The minimum Gasteiger partial charge on any atom is -0.506 e. The quantitative estimate of drug-likeness (QED) is 0.310. The van der Waals surface area contributed by atoms with Crippen LogP contribution in [0, 0.1) is 0 Å². The van der Waals surface area contributed by atoms with Gasteiger partial charge >= 0.3 is 6.03 Å². The summed E-state index contributed by atoms with van der Waals surface area (Å²) >= 11 is 0. The van der Waals surface area contributed by atoms with Crippen molar-refractivity contribution in [2.45, 2.75) is 37.1 Å². The maximum atomic E-state index is 12.8. The first-order chi connectivity index (χ1) is 15.9. The number of rotatable bonds is 9. The monoisotopic (exact) mass is 490 g/mol. The fraction of sp³-hybridized carbons (Fsp3) is 0.318. The Morgan fingerprint density at radius 3 is 2.50 bits per heavy atom. The van der Waals surface area contributed by atoms with E-state index in [1.807, 2.05) is 0 Å². The summed E-state index contributed by atoms with van der Waals surface area (Å²) in [7, 11) is -2.64. The normalized spacial score (nSPS) is 15.1. The van der Waals surface area contributed by atoms with Crippen LogP contribution in [0.5, 0.6) is 11.5 Å². The lowest BCUT2D eigenvalue weighted by atomic mass is 10.1. The number of benzene rings is 2. The number of nitrogens with zero attached hydrogens (tertiary/aromatic N) is 1. The molecular formula is C22H26N4O7S. The third-order valence-corrected chi connectivity index (χ3v) is 6.50. The molecule has 4 N–H and O–H groups in total. The van der Waals surface area contributed by atoms with Crippen LogP contribution in [0.25, 0.3) is 0 Å². The lowest BCUT2D eigenvalue weighted by Gasteiger charge is -2.16. The zero-order chi connectivity index (χ0) is 25.1.